The number of carbonyl (C=O) groups excluding carboxylic acids is 1. The number of carbonyl (C=O) groups is 1. The molecule has 108 valence electrons. The first-order chi connectivity index (χ1) is 9.58. The number of hydrogen-bond acceptors (Lipinski definition) is 4. The predicted octanol–water partition coefficient (Wildman–Crippen LogP) is 2.33. The number of aryl methyl sites for hydroxylation is 1. The van der Waals surface area contributed by atoms with E-state index in [1.165, 1.54) is 12.5 Å². The molecule has 0 spiro atoms. The van der Waals surface area contributed by atoms with Crippen molar-refractivity contribution in [3.05, 3.63) is 33.9 Å². The van der Waals surface area contributed by atoms with Crippen LogP contribution in [-0.4, -0.2) is 35.4 Å². The van der Waals surface area contributed by atoms with Crippen LogP contribution >= 0.6 is 0 Å². The molecule has 1 heterocycles. The van der Waals surface area contributed by atoms with Crippen molar-refractivity contribution in [2.75, 3.05) is 25.0 Å². The van der Waals surface area contributed by atoms with Crippen molar-refractivity contribution in [3.8, 4) is 0 Å². The molecule has 1 saturated heterocycles. The second kappa shape index (κ2) is 6.36. The average Bonchev–Trinajstić information content (AvgIpc) is 2.45. The van der Waals surface area contributed by atoms with Crippen LogP contribution in [0.25, 0.3) is 0 Å². The fourth-order valence-corrected chi connectivity index (χ4v) is 2.38. The third kappa shape index (κ3) is 3.46. The second-order valence-electron chi connectivity index (χ2n) is 5.07. The molecule has 0 saturated carbocycles. The molecule has 1 N–H and O–H groups in total. The zero-order valence-electron chi connectivity index (χ0n) is 11.6. The summed E-state index contributed by atoms with van der Waals surface area (Å²) >= 11 is 0. The van der Waals surface area contributed by atoms with Crippen LogP contribution in [0, 0.1) is 17.0 Å². The SMILES string of the molecule is Cc1ccc([N+](=O)[O-])c(NCC(=O)N2CCCCC2)c1. The number of benzene rings is 1. The van der Waals surface area contributed by atoms with E-state index >= 15 is 0 Å². The predicted molar refractivity (Wildman–Crippen MR) is 76.8 cm³/mol. The Morgan fingerprint density at radius 2 is 2.05 bits per heavy atom. The van der Waals surface area contributed by atoms with Crippen LogP contribution < -0.4 is 5.32 Å². The van der Waals surface area contributed by atoms with Crippen molar-refractivity contribution < 1.29 is 9.72 Å². The molecule has 20 heavy (non-hydrogen) atoms. The highest BCUT2D eigenvalue weighted by Crippen LogP contribution is 2.25. The van der Waals surface area contributed by atoms with Gasteiger partial charge in [0.1, 0.15) is 5.69 Å². The monoisotopic (exact) mass is 277 g/mol. The lowest BCUT2D eigenvalue weighted by Crippen LogP contribution is -2.39. The van der Waals surface area contributed by atoms with Crippen LogP contribution in [0.4, 0.5) is 11.4 Å². The highest BCUT2D eigenvalue weighted by molar-refractivity contribution is 5.82. The largest absolute Gasteiger partial charge is 0.371 e. The lowest BCUT2D eigenvalue weighted by atomic mass is 10.1. The number of nitro groups is 1. The van der Waals surface area contributed by atoms with Gasteiger partial charge in [-0.25, -0.2) is 0 Å². The topological polar surface area (TPSA) is 75.5 Å². The Hall–Kier alpha value is -2.11. The summed E-state index contributed by atoms with van der Waals surface area (Å²) in [6.45, 7) is 3.54. The Morgan fingerprint density at radius 3 is 2.70 bits per heavy atom. The average molecular weight is 277 g/mol. The van der Waals surface area contributed by atoms with Crippen molar-refractivity contribution in [2.24, 2.45) is 0 Å². The molecule has 6 heteroatoms. The molecular weight excluding hydrogens is 258 g/mol. The second-order valence-corrected chi connectivity index (χ2v) is 5.07. The quantitative estimate of drug-likeness (QED) is 0.677. The summed E-state index contributed by atoms with van der Waals surface area (Å²) in [5.74, 6) is 0.000467. The van der Waals surface area contributed by atoms with Gasteiger partial charge < -0.3 is 10.2 Å². The van der Waals surface area contributed by atoms with Crippen LogP contribution in [0.15, 0.2) is 18.2 Å². The number of amides is 1. The minimum atomic E-state index is -0.437. The fourth-order valence-electron chi connectivity index (χ4n) is 2.38. The first-order valence-corrected chi connectivity index (χ1v) is 6.84. The van der Waals surface area contributed by atoms with E-state index in [9.17, 15) is 14.9 Å². The molecule has 1 aromatic carbocycles. The molecule has 1 aliphatic heterocycles. The normalized spacial score (nSPS) is 14.9. The molecule has 0 bridgehead atoms. The number of nitrogens with one attached hydrogen (secondary N) is 1. The number of likely N-dealkylation sites (tertiary alicyclic amines) is 1. The van der Waals surface area contributed by atoms with Crippen molar-refractivity contribution >= 4 is 17.3 Å². The van der Waals surface area contributed by atoms with Crippen molar-refractivity contribution in [2.45, 2.75) is 26.2 Å². The maximum Gasteiger partial charge on any atom is 0.292 e. The van der Waals surface area contributed by atoms with Gasteiger partial charge in [-0.15, -0.1) is 0 Å². The van der Waals surface area contributed by atoms with Gasteiger partial charge >= 0.3 is 0 Å². The Kier molecular flexibility index (Phi) is 4.55. The van der Waals surface area contributed by atoms with E-state index in [2.05, 4.69) is 5.32 Å². The molecule has 6 nitrogen and oxygen atoms in total. The number of anilines is 1. The van der Waals surface area contributed by atoms with E-state index in [0.29, 0.717) is 5.69 Å². The Balaban J connectivity index is 2.01. The summed E-state index contributed by atoms with van der Waals surface area (Å²) < 4.78 is 0. The van der Waals surface area contributed by atoms with Crippen molar-refractivity contribution in [1.82, 2.24) is 4.90 Å². The Bertz CT molecular complexity index is 510. The lowest BCUT2D eigenvalue weighted by Gasteiger charge is -2.26. The van der Waals surface area contributed by atoms with E-state index in [4.69, 9.17) is 0 Å². The summed E-state index contributed by atoms with van der Waals surface area (Å²) in [7, 11) is 0. The summed E-state index contributed by atoms with van der Waals surface area (Å²) in [4.78, 5) is 24.4. The molecule has 1 fully saturated rings. The summed E-state index contributed by atoms with van der Waals surface area (Å²) in [6.07, 6.45) is 3.24. The van der Waals surface area contributed by atoms with Crippen LogP contribution in [0.5, 0.6) is 0 Å². The van der Waals surface area contributed by atoms with Crippen molar-refractivity contribution in [3.63, 3.8) is 0 Å². The van der Waals surface area contributed by atoms with Gasteiger partial charge in [0.05, 0.1) is 11.5 Å². The molecule has 2 rings (SSSR count). The van der Waals surface area contributed by atoms with E-state index in [1.807, 2.05) is 11.8 Å². The van der Waals surface area contributed by atoms with Gasteiger partial charge in [0.2, 0.25) is 5.91 Å². The summed E-state index contributed by atoms with van der Waals surface area (Å²) in [5.41, 5.74) is 1.32. The number of nitrogens with zero attached hydrogens (tertiary/aromatic N) is 2. The minimum Gasteiger partial charge on any atom is -0.371 e. The van der Waals surface area contributed by atoms with E-state index in [0.717, 1.165) is 31.5 Å². The first kappa shape index (κ1) is 14.3. The number of piperidine rings is 1. The summed E-state index contributed by atoms with van der Waals surface area (Å²) in [5, 5.41) is 13.8. The number of hydrogen-bond donors (Lipinski definition) is 1. The van der Waals surface area contributed by atoms with Crippen molar-refractivity contribution in [1.29, 1.82) is 0 Å². The molecule has 0 radical (unpaired) electrons. The van der Waals surface area contributed by atoms with Gasteiger partial charge in [0.25, 0.3) is 5.69 Å². The molecule has 0 aromatic heterocycles. The molecule has 1 aliphatic rings. The molecular formula is C14H19N3O3. The van der Waals surface area contributed by atoms with E-state index < -0.39 is 4.92 Å². The van der Waals surface area contributed by atoms with Gasteiger partial charge in [-0.05, 0) is 37.8 Å². The van der Waals surface area contributed by atoms with E-state index in [1.54, 1.807) is 12.1 Å². The Labute approximate surface area is 117 Å². The molecule has 0 aliphatic carbocycles. The number of nitro benzene ring substituents is 1. The molecule has 1 amide bonds. The fraction of sp³-hybridized carbons (Fsp3) is 0.500. The maximum atomic E-state index is 12.0. The highest BCUT2D eigenvalue weighted by Gasteiger charge is 2.18. The molecule has 0 atom stereocenters. The standard InChI is InChI=1S/C14H19N3O3/c1-11-5-6-13(17(19)20)12(9-11)15-10-14(18)16-7-3-2-4-8-16/h5-6,9,15H,2-4,7-8,10H2,1H3. The number of rotatable bonds is 4. The van der Waals surface area contributed by atoms with Crippen LogP contribution in [-0.2, 0) is 4.79 Å². The van der Waals surface area contributed by atoms with Crippen LogP contribution in [0.3, 0.4) is 0 Å². The van der Waals surface area contributed by atoms with E-state index in [-0.39, 0.29) is 18.1 Å². The molecule has 1 aromatic rings. The van der Waals surface area contributed by atoms with Gasteiger partial charge in [-0.3, -0.25) is 14.9 Å². The highest BCUT2D eigenvalue weighted by atomic mass is 16.6. The summed E-state index contributed by atoms with van der Waals surface area (Å²) in [6, 6.07) is 4.85. The zero-order valence-corrected chi connectivity index (χ0v) is 11.6. The maximum absolute atomic E-state index is 12.0. The van der Waals surface area contributed by atoms with Crippen LogP contribution in [0.2, 0.25) is 0 Å². The third-order valence-corrected chi connectivity index (χ3v) is 3.49. The Morgan fingerprint density at radius 1 is 1.35 bits per heavy atom. The first-order valence-electron chi connectivity index (χ1n) is 6.84. The van der Waals surface area contributed by atoms with Gasteiger partial charge in [-0.2, -0.15) is 0 Å². The lowest BCUT2D eigenvalue weighted by molar-refractivity contribution is -0.384. The third-order valence-electron chi connectivity index (χ3n) is 3.49. The zero-order chi connectivity index (χ0) is 14.5. The smallest absolute Gasteiger partial charge is 0.292 e. The minimum absolute atomic E-state index is 0.000467. The van der Waals surface area contributed by atoms with Gasteiger partial charge in [0.15, 0.2) is 0 Å². The van der Waals surface area contributed by atoms with Crippen LogP contribution in [0.1, 0.15) is 24.8 Å². The van der Waals surface area contributed by atoms with Gasteiger partial charge in [-0.1, -0.05) is 6.07 Å². The molecule has 0 unspecified atom stereocenters. The van der Waals surface area contributed by atoms with Gasteiger partial charge in [0, 0.05) is 19.2 Å².